The molecule has 3 unspecified atom stereocenters. The SMILES string of the molecule is CC(=O)O[C@@H](C1C[C@@H](C)[C@H]2C(O1)[C@H](O)[C@@]1(N)C3CC[C@H]4C(C)(C)[C@@H](O[C@H]5CN(CC(=O)O)CCO5)CC[C@@]45C[C@@]35CC[C@]21C)C(C)(C)O. The van der Waals surface area contributed by atoms with Crippen LogP contribution in [-0.4, -0.2) is 106 Å². The summed E-state index contributed by atoms with van der Waals surface area (Å²) in [6, 6.07) is 0. The van der Waals surface area contributed by atoms with Crippen LogP contribution < -0.4 is 5.73 Å². The summed E-state index contributed by atoms with van der Waals surface area (Å²) in [5.41, 5.74) is 5.48. The highest BCUT2D eigenvalue weighted by Gasteiger charge is 2.85. The van der Waals surface area contributed by atoms with Crippen LogP contribution in [0, 0.1) is 45.3 Å². The molecule has 14 atom stereocenters. The number of aliphatic carboxylic acids is 1. The number of hydrogen-bond donors (Lipinski definition) is 4. The van der Waals surface area contributed by atoms with Crippen molar-refractivity contribution in [2.24, 2.45) is 51.1 Å². The molecule has 5 saturated carbocycles. The van der Waals surface area contributed by atoms with Gasteiger partial charge in [0.15, 0.2) is 12.4 Å². The predicted octanol–water partition coefficient (Wildman–Crippen LogP) is 3.32. The van der Waals surface area contributed by atoms with E-state index in [1.54, 1.807) is 13.8 Å². The molecule has 0 radical (unpaired) electrons. The van der Waals surface area contributed by atoms with E-state index in [1.807, 2.05) is 4.90 Å². The van der Waals surface area contributed by atoms with Crippen LogP contribution >= 0.6 is 0 Å². The van der Waals surface area contributed by atoms with Crippen molar-refractivity contribution in [3.8, 4) is 0 Å². The number of ether oxygens (including phenoxy) is 4. The molecular formula is C37H60N2O9. The first kappa shape index (κ1) is 35.1. The Labute approximate surface area is 285 Å². The van der Waals surface area contributed by atoms with E-state index in [1.165, 1.54) is 6.92 Å². The summed E-state index contributed by atoms with van der Waals surface area (Å²) in [4.78, 5) is 25.3. The molecule has 0 aromatic rings. The van der Waals surface area contributed by atoms with Crippen molar-refractivity contribution in [1.82, 2.24) is 4.90 Å². The van der Waals surface area contributed by atoms with Crippen LogP contribution in [0.25, 0.3) is 0 Å². The molecule has 7 rings (SSSR count). The third-order valence-corrected chi connectivity index (χ3v) is 15.4. The van der Waals surface area contributed by atoms with Crippen LogP contribution in [0.2, 0.25) is 0 Å². The number of carboxylic acids is 1. The number of esters is 1. The maximum absolute atomic E-state index is 12.4. The summed E-state index contributed by atoms with van der Waals surface area (Å²) in [5.74, 6) is -0.431. The van der Waals surface area contributed by atoms with E-state index in [2.05, 4.69) is 27.7 Å². The molecule has 2 spiro atoms. The van der Waals surface area contributed by atoms with Gasteiger partial charge >= 0.3 is 11.9 Å². The van der Waals surface area contributed by atoms with E-state index in [0.717, 1.165) is 44.9 Å². The summed E-state index contributed by atoms with van der Waals surface area (Å²) in [7, 11) is 0. The van der Waals surface area contributed by atoms with E-state index >= 15 is 0 Å². The zero-order valence-electron chi connectivity index (χ0n) is 30.1. The molecule has 0 aromatic carbocycles. The van der Waals surface area contributed by atoms with Crippen LogP contribution in [-0.2, 0) is 28.5 Å². The first-order valence-electron chi connectivity index (χ1n) is 18.5. The number of carboxylic acid groups (broad SMARTS) is 1. The van der Waals surface area contributed by atoms with Crippen LogP contribution in [0.4, 0.5) is 0 Å². The largest absolute Gasteiger partial charge is 0.480 e. The van der Waals surface area contributed by atoms with E-state index in [0.29, 0.717) is 32.0 Å². The Morgan fingerprint density at radius 3 is 2.44 bits per heavy atom. The van der Waals surface area contributed by atoms with Gasteiger partial charge in [0.25, 0.3) is 0 Å². The molecular weight excluding hydrogens is 616 g/mol. The van der Waals surface area contributed by atoms with E-state index in [-0.39, 0.29) is 52.1 Å². The van der Waals surface area contributed by atoms with Crippen molar-refractivity contribution < 1.29 is 43.9 Å². The minimum atomic E-state index is -1.30. The summed E-state index contributed by atoms with van der Waals surface area (Å²) < 4.78 is 25.1. The molecule has 5 N–H and O–H groups in total. The van der Waals surface area contributed by atoms with E-state index < -0.39 is 53.8 Å². The minimum Gasteiger partial charge on any atom is -0.480 e. The molecule has 272 valence electrons. The van der Waals surface area contributed by atoms with E-state index in [4.69, 9.17) is 24.7 Å². The molecule has 7 aliphatic rings. The lowest BCUT2D eigenvalue weighted by Gasteiger charge is -2.63. The number of hydrogen-bond acceptors (Lipinski definition) is 10. The monoisotopic (exact) mass is 676 g/mol. The molecule has 0 bridgehead atoms. The number of morpholine rings is 1. The van der Waals surface area contributed by atoms with Gasteiger partial charge < -0.3 is 40.0 Å². The summed E-state index contributed by atoms with van der Waals surface area (Å²) in [5, 5.41) is 32.7. The molecule has 5 aliphatic carbocycles. The Morgan fingerprint density at radius 1 is 1.08 bits per heavy atom. The molecule has 2 saturated heterocycles. The van der Waals surface area contributed by atoms with Crippen LogP contribution in [0.1, 0.15) is 99.8 Å². The van der Waals surface area contributed by atoms with Gasteiger partial charge in [0.05, 0.1) is 55.3 Å². The first-order chi connectivity index (χ1) is 22.3. The highest BCUT2D eigenvalue weighted by molar-refractivity contribution is 5.69. The summed E-state index contributed by atoms with van der Waals surface area (Å²) >= 11 is 0. The van der Waals surface area contributed by atoms with Gasteiger partial charge in [0.2, 0.25) is 0 Å². The lowest BCUT2D eigenvalue weighted by atomic mass is 9.43. The predicted molar refractivity (Wildman–Crippen MR) is 175 cm³/mol. The molecule has 48 heavy (non-hydrogen) atoms. The summed E-state index contributed by atoms with van der Waals surface area (Å²) in [6.45, 7) is 15.4. The Hall–Kier alpha value is -1.34. The molecule has 7 fully saturated rings. The van der Waals surface area contributed by atoms with Crippen molar-refractivity contribution in [2.75, 3.05) is 26.2 Å². The second-order valence-corrected chi connectivity index (χ2v) is 18.4. The maximum Gasteiger partial charge on any atom is 0.317 e. The van der Waals surface area contributed by atoms with Gasteiger partial charge in [-0.1, -0.05) is 27.7 Å². The third-order valence-electron chi connectivity index (χ3n) is 15.4. The second kappa shape index (κ2) is 11.3. The van der Waals surface area contributed by atoms with Crippen molar-refractivity contribution in [1.29, 1.82) is 0 Å². The summed E-state index contributed by atoms with van der Waals surface area (Å²) in [6.07, 6.45) is 4.64. The van der Waals surface area contributed by atoms with Gasteiger partial charge in [-0.25, -0.2) is 0 Å². The average molecular weight is 677 g/mol. The number of nitrogens with zero attached hydrogens (tertiary/aromatic N) is 1. The van der Waals surface area contributed by atoms with Gasteiger partial charge in [0.1, 0.15) is 0 Å². The number of carbonyl (C=O) groups is 2. The Bertz CT molecular complexity index is 1300. The lowest BCUT2D eigenvalue weighted by Crippen LogP contribution is -2.70. The molecule has 11 heteroatoms. The molecule has 0 aromatic heterocycles. The normalized spacial score (nSPS) is 50.2. The van der Waals surface area contributed by atoms with E-state index in [9.17, 15) is 24.9 Å². The maximum atomic E-state index is 12.4. The average Bonchev–Trinajstić information content (AvgIpc) is 3.61. The Kier molecular flexibility index (Phi) is 8.28. The highest BCUT2D eigenvalue weighted by atomic mass is 16.7. The third kappa shape index (κ3) is 4.84. The van der Waals surface area contributed by atoms with Crippen LogP contribution in [0.15, 0.2) is 0 Å². The fourth-order valence-electron chi connectivity index (χ4n) is 13.5. The molecule has 11 nitrogen and oxygen atoms in total. The fourth-order valence-corrected chi connectivity index (χ4v) is 13.5. The zero-order chi connectivity index (χ0) is 34.8. The van der Waals surface area contributed by atoms with Crippen molar-refractivity contribution >= 4 is 11.9 Å². The minimum absolute atomic E-state index is 0.00306. The van der Waals surface area contributed by atoms with Crippen molar-refractivity contribution in [3.63, 3.8) is 0 Å². The number of fused-ring (bicyclic) bond motifs is 4. The first-order valence-corrected chi connectivity index (χ1v) is 18.5. The smallest absolute Gasteiger partial charge is 0.317 e. The molecule has 2 aliphatic heterocycles. The van der Waals surface area contributed by atoms with Gasteiger partial charge in [-0.2, -0.15) is 0 Å². The number of carbonyl (C=O) groups excluding carboxylic acids is 1. The van der Waals surface area contributed by atoms with Crippen LogP contribution in [0.5, 0.6) is 0 Å². The van der Waals surface area contributed by atoms with Crippen molar-refractivity contribution in [2.45, 2.75) is 148 Å². The topological polar surface area (TPSA) is 161 Å². The van der Waals surface area contributed by atoms with Gasteiger partial charge in [-0.3, -0.25) is 14.5 Å². The highest BCUT2D eigenvalue weighted by Crippen LogP contribution is 2.87. The fraction of sp³-hybridized carbons (Fsp3) is 0.946. The van der Waals surface area contributed by atoms with Gasteiger partial charge in [0, 0.05) is 13.5 Å². The Morgan fingerprint density at radius 2 is 1.77 bits per heavy atom. The number of nitrogens with two attached hydrogens (primary N) is 1. The zero-order valence-corrected chi connectivity index (χ0v) is 30.1. The lowest BCUT2D eigenvalue weighted by molar-refractivity contribution is -0.246. The van der Waals surface area contributed by atoms with Gasteiger partial charge in [-0.15, -0.1) is 0 Å². The molecule has 2 heterocycles. The Balaban J connectivity index is 1.12. The van der Waals surface area contributed by atoms with Crippen LogP contribution in [0.3, 0.4) is 0 Å². The molecule has 0 amide bonds. The number of rotatable bonds is 7. The standard InChI is InChI=1S/C37H60N2O9/c1-20-16-22(31(33(5,6)44)46-21(2)40)47-29-28(20)34(7)12-13-36-19-35(36)11-10-25(48-27-18-39(14-15-45-27)17-26(41)42)32(3,4)23(35)8-9-24(36)37(34,38)30(29)43/h20,22-25,27-31,43-44H,8-19,38H2,1-7H3,(H,41,42)/t20-,22?,23+,24?,25+,27+,28+,29?,30+,31+,34-,35-,36+,37+/m1/s1. The van der Waals surface area contributed by atoms with Crippen molar-refractivity contribution in [3.05, 3.63) is 0 Å². The number of aliphatic hydroxyl groups excluding tert-OH is 1. The van der Waals surface area contributed by atoms with Gasteiger partial charge in [-0.05, 0) is 111 Å². The number of aliphatic hydroxyl groups is 2. The second-order valence-electron chi connectivity index (χ2n) is 18.4. The quantitative estimate of drug-likeness (QED) is 0.293.